The van der Waals surface area contributed by atoms with Gasteiger partial charge in [-0.05, 0) is 6.07 Å². The van der Waals surface area contributed by atoms with E-state index in [0.29, 0.717) is 0 Å². The normalized spacial score (nSPS) is 12.6. The number of fused-ring (bicyclic) bond motifs is 6. The van der Waals surface area contributed by atoms with Gasteiger partial charge in [0.05, 0.1) is 0 Å². The van der Waals surface area contributed by atoms with Gasteiger partial charge in [-0.25, -0.2) is 0 Å². The van der Waals surface area contributed by atoms with Crippen LogP contribution in [0.5, 0.6) is 0 Å². The van der Waals surface area contributed by atoms with Crippen LogP contribution in [-0.4, -0.2) is 0 Å². The van der Waals surface area contributed by atoms with Crippen molar-refractivity contribution in [3.05, 3.63) is 203 Å². The second kappa shape index (κ2) is 13.2. The van der Waals surface area contributed by atoms with E-state index in [4.69, 9.17) is 0 Å². The summed E-state index contributed by atoms with van der Waals surface area (Å²) in [6.45, 7) is 0. The number of anilines is 6. The molecule has 0 bridgehead atoms. The number of alkyl halides is 1. The van der Waals surface area contributed by atoms with Gasteiger partial charge in [0.15, 0.2) is 0 Å². The van der Waals surface area contributed by atoms with Gasteiger partial charge in [0.2, 0.25) is 0 Å². The average molecular weight is 858 g/mol. The van der Waals surface area contributed by atoms with Crippen molar-refractivity contribution in [2.75, 3.05) is 9.80 Å². The van der Waals surface area contributed by atoms with Crippen LogP contribution in [0.25, 0.3) is 63.6 Å². The second-order valence-electron chi connectivity index (χ2n) is 14.7. The number of hydrogen-bond acceptors (Lipinski definition) is 3. The van der Waals surface area contributed by atoms with Gasteiger partial charge in [-0.3, -0.25) is 0 Å². The first-order chi connectivity index (χ1) is 28.3. The van der Waals surface area contributed by atoms with Crippen molar-refractivity contribution < 1.29 is 21.2 Å². The Morgan fingerprint density at radius 3 is 1.65 bits per heavy atom. The Morgan fingerprint density at radius 2 is 0.930 bits per heavy atom. The van der Waals surface area contributed by atoms with E-state index in [1.165, 1.54) is 101 Å². The second-order valence-corrected chi connectivity index (χ2v) is 18.4. The predicted octanol–water partition coefficient (Wildman–Crippen LogP) is 12.3. The van der Waals surface area contributed by atoms with Crippen molar-refractivity contribution >= 4 is 98.0 Å². The van der Waals surface area contributed by atoms with Crippen molar-refractivity contribution in [3.63, 3.8) is 0 Å². The summed E-state index contributed by atoms with van der Waals surface area (Å²) in [7, 11) is 0. The van der Waals surface area contributed by atoms with Gasteiger partial charge in [-0.15, -0.1) is 11.3 Å². The Hall–Kier alpha value is -6.21. The van der Waals surface area contributed by atoms with Crippen molar-refractivity contribution in [2.45, 2.75) is 4.43 Å². The van der Waals surface area contributed by atoms with E-state index in [1.54, 1.807) is 0 Å². The zero-order valence-corrected chi connectivity index (χ0v) is 33.8. The molecule has 0 spiro atoms. The van der Waals surface area contributed by atoms with Crippen molar-refractivity contribution in [3.8, 4) is 11.1 Å². The zero-order chi connectivity index (χ0) is 37.5. The number of nitrogens with zero attached hydrogens (tertiary/aromatic N) is 2. The molecule has 10 aromatic carbocycles. The first kappa shape index (κ1) is 33.0. The van der Waals surface area contributed by atoms with Crippen LogP contribution in [0, 0.1) is 3.57 Å². The molecule has 0 saturated carbocycles. The number of thiophene rings is 1. The van der Waals surface area contributed by atoms with Gasteiger partial charge in [-0.1, -0.05) is 48.5 Å². The number of benzene rings is 10. The Bertz CT molecular complexity index is 3320. The molecule has 0 saturated heterocycles. The molecule has 0 atom stereocenters. The number of rotatable bonds is 6. The Morgan fingerprint density at radius 1 is 0.386 bits per heavy atom. The summed E-state index contributed by atoms with van der Waals surface area (Å²) in [6.07, 6.45) is 0. The van der Waals surface area contributed by atoms with E-state index in [-0.39, 0.29) is 21.2 Å². The minimum atomic E-state index is -0.242. The molecule has 12 rings (SSSR count). The molecule has 270 valence electrons. The zero-order valence-electron chi connectivity index (χ0n) is 30.9. The fraction of sp³-hybridized carbons (Fsp3) is 0.0189. The fourth-order valence-corrected chi connectivity index (χ4v) is 13.5. The molecule has 0 unspecified atom stereocenters. The predicted molar refractivity (Wildman–Crippen MR) is 240 cm³/mol. The van der Waals surface area contributed by atoms with Crippen molar-refractivity contribution in [1.29, 1.82) is 0 Å². The van der Waals surface area contributed by atoms with Crippen molar-refractivity contribution in [2.24, 2.45) is 0 Å². The third-order valence-corrected chi connectivity index (χ3v) is 15.9. The van der Waals surface area contributed by atoms with E-state index < -0.39 is 0 Å². The molecule has 11 aromatic rings. The van der Waals surface area contributed by atoms with Gasteiger partial charge >= 0.3 is 266 Å². The number of para-hydroxylation sites is 2. The molecule has 0 fully saturated rings. The molecule has 1 aliphatic rings. The molecule has 57 heavy (non-hydrogen) atoms. The quantitative estimate of drug-likeness (QED) is 0.0934. The fourth-order valence-electron chi connectivity index (χ4n) is 9.12. The number of hydrogen-bond donors (Lipinski definition) is 0. The maximum atomic E-state index is 2.54. The number of halogens is 1. The summed E-state index contributed by atoms with van der Waals surface area (Å²) in [4.78, 5) is 5.02. The SMILES string of the molecule is c1ccc(N(c2cccc3c2[I-]Cc2ccccc2-3)c2ccc3ccc4c(N(c5ccccc5)c5cccc6c5sc5ccccc56)ccc5ccc2c3c54)cc1. The molecule has 1 aliphatic heterocycles. The topological polar surface area (TPSA) is 6.48 Å². The van der Waals surface area contributed by atoms with Gasteiger partial charge in [0.1, 0.15) is 0 Å². The van der Waals surface area contributed by atoms with Crippen LogP contribution in [-0.2, 0) is 4.43 Å². The first-order valence-corrected chi connectivity index (χ1v) is 22.8. The molecule has 0 radical (unpaired) electrons. The van der Waals surface area contributed by atoms with E-state index >= 15 is 0 Å². The molecular formula is C53H34IN2S-. The molecule has 0 amide bonds. The van der Waals surface area contributed by atoms with E-state index in [0.717, 1.165) is 10.1 Å². The molecule has 1 aromatic heterocycles. The summed E-state index contributed by atoms with van der Waals surface area (Å²) in [5.41, 5.74) is 11.5. The summed E-state index contributed by atoms with van der Waals surface area (Å²) in [5, 5.41) is 10.2. The van der Waals surface area contributed by atoms with Crippen LogP contribution < -0.4 is 31.0 Å². The summed E-state index contributed by atoms with van der Waals surface area (Å²) in [6, 6.07) is 72.1. The van der Waals surface area contributed by atoms with Crippen LogP contribution in [0.2, 0.25) is 0 Å². The minimum absolute atomic E-state index is 0.242. The Kier molecular flexibility index (Phi) is 7.63. The van der Waals surface area contributed by atoms with Gasteiger partial charge in [0, 0.05) is 15.5 Å². The van der Waals surface area contributed by atoms with Gasteiger partial charge < -0.3 is 0 Å². The van der Waals surface area contributed by atoms with E-state index in [2.05, 4.69) is 204 Å². The van der Waals surface area contributed by atoms with Crippen LogP contribution in [0.1, 0.15) is 5.56 Å². The molecule has 2 heterocycles. The molecule has 0 N–H and O–H groups in total. The standard InChI is InChI=1S/C53H34IN2S/c1-3-14-37(15-4-1)55(47-22-11-20-41-39-18-8-7-13-36(39)33-54-52(41)47)45-31-27-34-26-30-44-46(32-28-35-25-29-43(45)50(34)51(35)44)56(38-16-5-2-6-17-38)48-23-12-21-42-40-19-9-10-24-49(40)57-53(42)48/h1-32H,33H2/q-1. The molecule has 4 heteroatoms. The first-order valence-electron chi connectivity index (χ1n) is 19.4. The maximum absolute atomic E-state index is 2.54. The third kappa shape index (κ3) is 5.14. The summed E-state index contributed by atoms with van der Waals surface area (Å²) < 4.78 is 5.27. The van der Waals surface area contributed by atoms with Gasteiger partial charge in [0.25, 0.3) is 0 Å². The van der Waals surface area contributed by atoms with E-state index in [9.17, 15) is 0 Å². The van der Waals surface area contributed by atoms with Gasteiger partial charge in [-0.2, -0.15) is 0 Å². The molecule has 2 nitrogen and oxygen atoms in total. The van der Waals surface area contributed by atoms with Crippen molar-refractivity contribution in [1.82, 2.24) is 0 Å². The third-order valence-electron chi connectivity index (χ3n) is 11.6. The molecular weight excluding hydrogens is 824 g/mol. The Balaban J connectivity index is 1.11. The Labute approximate surface area is 345 Å². The van der Waals surface area contributed by atoms with Crippen LogP contribution in [0.15, 0.2) is 194 Å². The average Bonchev–Trinajstić information content (AvgIpc) is 3.67. The monoisotopic (exact) mass is 857 g/mol. The summed E-state index contributed by atoms with van der Waals surface area (Å²) in [5.74, 6) is 0. The molecule has 0 aliphatic carbocycles. The van der Waals surface area contributed by atoms with Crippen LogP contribution in [0.3, 0.4) is 0 Å². The van der Waals surface area contributed by atoms with E-state index in [1.807, 2.05) is 11.3 Å². The summed E-state index contributed by atoms with van der Waals surface area (Å²) >= 11 is 1.64. The van der Waals surface area contributed by atoms with Crippen LogP contribution in [0.4, 0.5) is 34.1 Å². The van der Waals surface area contributed by atoms with Crippen LogP contribution >= 0.6 is 11.3 Å².